The van der Waals surface area contributed by atoms with Gasteiger partial charge in [0.2, 0.25) is 5.91 Å². The summed E-state index contributed by atoms with van der Waals surface area (Å²) >= 11 is 6.17. The molecule has 2 N–H and O–H groups in total. The molecule has 2 heterocycles. The van der Waals surface area contributed by atoms with Crippen molar-refractivity contribution in [2.24, 2.45) is 0 Å². The number of sulfone groups is 2. The van der Waals surface area contributed by atoms with E-state index in [0.29, 0.717) is 10.9 Å². The first-order valence-corrected chi connectivity index (χ1v) is 14.4. The van der Waals surface area contributed by atoms with Gasteiger partial charge in [-0.25, -0.2) is 21.6 Å². The second-order valence-corrected chi connectivity index (χ2v) is 12.8. The van der Waals surface area contributed by atoms with Crippen molar-refractivity contribution < 1.29 is 36.3 Å². The van der Waals surface area contributed by atoms with Crippen LogP contribution >= 0.6 is 11.6 Å². The molecular weight excluding hydrogens is 532 g/mol. The number of carbonyl (C=O) groups excluding carboxylic acids is 2. The monoisotopic (exact) mass is 550 g/mol. The fourth-order valence-electron chi connectivity index (χ4n) is 4.06. The van der Waals surface area contributed by atoms with Crippen LogP contribution in [-0.2, 0) is 35.8 Å². The average Bonchev–Trinajstić information content (AvgIpc) is 3.05. The number of aromatic nitrogens is 1. The second-order valence-electron chi connectivity index (χ2n) is 8.36. The largest absolute Gasteiger partial charge is 0.477 e. The van der Waals surface area contributed by atoms with E-state index in [9.17, 15) is 36.3 Å². The van der Waals surface area contributed by atoms with Gasteiger partial charge in [-0.1, -0.05) is 11.6 Å². The van der Waals surface area contributed by atoms with E-state index in [1.54, 1.807) is 0 Å². The fraction of sp³-hybridized carbons (Fsp3) is 0.174. The quantitative estimate of drug-likeness (QED) is 0.442. The molecule has 1 aromatic heterocycles. The van der Waals surface area contributed by atoms with Crippen LogP contribution in [0.1, 0.15) is 28.0 Å². The maximum Gasteiger partial charge on any atom is 0.353 e. The molecule has 2 aromatic carbocycles. The molecule has 1 aliphatic heterocycles. The molecule has 3 aromatic rings. The minimum Gasteiger partial charge on any atom is -0.477 e. The Balaban J connectivity index is 2.03. The molecule has 10 nitrogen and oxygen atoms in total. The number of ketones is 1. The molecule has 0 atom stereocenters. The maximum absolute atomic E-state index is 12.7. The van der Waals surface area contributed by atoms with Crippen molar-refractivity contribution in [3.8, 4) is 0 Å². The number of carbonyl (C=O) groups is 3. The van der Waals surface area contributed by atoms with Crippen molar-refractivity contribution >= 4 is 65.4 Å². The molecule has 0 saturated heterocycles. The molecule has 0 saturated carbocycles. The fourth-order valence-corrected chi connectivity index (χ4v) is 5.72. The minimum atomic E-state index is -3.80. The van der Waals surface area contributed by atoms with Crippen LogP contribution in [-0.4, -0.2) is 56.7 Å². The van der Waals surface area contributed by atoms with Gasteiger partial charge in [0.15, 0.2) is 25.5 Å². The Kier molecular flexibility index (Phi) is 6.31. The highest BCUT2D eigenvalue weighted by Crippen LogP contribution is 2.36. The molecule has 188 valence electrons. The normalized spacial score (nSPS) is 14.6. The molecule has 0 unspecified atom stereocenters. The smallest absolute Gasteiger partial charge is 0.353 e. The Morgan fingerprint density at radius 2 is 1.64 bits per heavy atom. The van der Waals surface area contributed by atoms with Gasteiger partial charge in [0.05, 0.1) is 16.2 Å². The maximum atomic E-state index is 12.7. The molecule has 0 aliphatic carbocycles. The molecule has 0 bridgehead atoms. The zero-order valence-electron chi connectivity index (χ0n) is 18.9. The number of rotatable bonds is 6. The molecule has 0 spiro atoms. The van der Waals surface area contributed by atoms with E-state index in [-0.39, 0.29) is 43.8 Å². The molecule has 1 aliphatic rings. The lowest BCUT2D eigenvalue weighted by Crippen LogP contribution is -2.28. The Morgan fingerprint density at radius 1 is 1.03 bits per heavy atom. The lowest BCUT2D eigenvalue weighted by Gasteiger charge is -2.14. The number of allylic oxidation sites excluding steroid dienone is 1. The summed E-state index contributed by atoms with van der Waals surface area (Å²) in [6, 6.07) is 8.11. The summed E-state index contributed by atoms with van der Waals surface area (Å²) in [6.07, 6.45) is 2.54. The summed E-state index contributed by atoms with van der Waals surface area (Å²) in [5.74, 6) is -2.52. The third kappa shape index (κ3) is 4.79. The number of benzene rings is 2. The Morgan fingerprint density at radius 3 is 2.17 bits per heavy atom. The van der Waals surface area contributed by atoms with Crippen molar-refractivity contribution in [1.29, 1.82) is 0 Å². The summed E-state index contributed by atoms with van der Waals surface area (Å²) in [4.78, 5) is 36.3. The van der Waals surface area contributed by atoms with Crippen molar-refractivity contribution in [1.82, 2.24) is 9.88 Å². The zero-order valence-corrected chi connectivity index (χ0v) is 21.3. The molecule has 36 heavy (non-hydrogen) atoms. The zero-order chi connectivity index (χ0) is 26.6. The summed E-state index contributed by atoms with van der Waals surface area (Å²) in [7, 11) is -7.60. The van der Waals surface area contributed by atoms with Crippen LogP contribution in [0.2, 0.25) is 5.02 Å². The number of hydrogen-bond donors (Lipinski definition) is 2. The first-order valence-electron chi connectivity index (χ1n) is 10.3. The number of aromatic carboxylic acids is 1. The van der Waals surface area contributed by atoms with Gasteiger partial charge in [-0.05, 0) is 42.0 Å². The van der Waals surface area contributed by atoms with Crippen LogP contribution in [0, 0.1) is 0 Å². The first kappa shape index (κ1) is 25.6. The van der Waals surface area contributed by atoms with Crippen LogP contribution in [0.5, 0.6) is 0 Å². The van der Waals surface area contributed by atoms with E-state index >= 15 is 0 Å². The van der Waals surface area contributed by atoms with Crippen molar-refractivity contribution in [3.05, 3.63) is 64.4 Å². The number of halogens is 1. The highest BCUT2D eigenvalue weighted by molar-refractivity contribution is 7.91. The molecule has 13 heteroatoms. The second kappa shape index (κ2) is 8.87. The summed E-state index contributed by atoms with van der Waals surface area (Å²) in [5.41, 5.74) is 0.251. The molecule has 0 fully saturated rings. The number of carboxylic acids is 1. The van der Waals surface area contributed by atoms with E-state index in [4.69, 9.17) is 11.6 Å². The van der Waals surface area contributed by atoms with Crippen molar-refractivity contribution in [3.63, 3.8) is 0 Å². The van der Waals surface area contributed by atoms with Gasteiger partial charge in [-0.2, -0.15) is 0 Å². The first-order chi connectivity index (χ1) is 16.7. The minimum absolute atomic E-state index is 0.0280. The number of amides is 1. The third-order valence-electron chi connectivity index (χ3n) is 5.63. The average molecular weight is 551 g/mol. The predicted octanol–water partition coefficient (Wildman–Crippen LogP) is 2.28. The number of nitrogens with one attached hydrogen (secondary N) is 1. The van der Waals surface area contributed by atoms with Gasteiger partial charge in [0.25, 0.3) is 0 Å². The van der Waals surface area contributed by atoms with E-state index in [1.165, 1.54) is 34.9 Å². The molecule has 1 amide bonds. The van der Waals surface area contributed by atoms with Crippen molar-refractivity contribution in [2.45, 2.75) is 22.8 Å². The highest BCUT2D eigenvalue weighted by Gasteiger charge is 2.31. The van der Waals surface area contributed by atoms with Crippen LogP contribution in [0.4, 0.5) is 0 Å². The summed E-state index contributed by atoms with van der Waals surface area (Å²) in [6.45, 7) is -0.237. The SMILES string of the molecule is CS(=O)(=O)c1cc(Cn2c(C(=O)O)c(C3=CNC(=O)CC3=O)c3cc(Cl)ccc32)cc(S(C)(=O)=O)c1. The number of carboxylic acid groups (broad SMARTS) is 1. The topological polar surface area (TPSA) is 157 Å². The number of Topliss-reactive ketones (excluding diaryl/α,β-unsaturated/α-hetero) is 1. The van der Waals surface area contributed by atoms with E-state index < -0.39 is 43.8 Å². The molecule has 0 radical (unpaired) electrons. The van der Waals surface area contributed by atoms with E-state index in [0.717, 1.165) is 24.8 Å². The highest BCUT2D eigenvalue weighted by atomic mass is 35.5. The third-order valence-corrected chi connectivity index (χ3v) is 8.05. The standard InChI is InChI=1S/C23H19ClN2O8S2/c1-35(31,32)14-5-12(6-15(8-14)36(2,33)34)11-26-18-4-3-13(24)7-16(18)21(22(26)23(29)30)17-10-25-20(28)9-19(17)27/h3-8,10H,9,11H2,1-2H3,(H,25,28)(H,29,30). The predicted molar refractivity (Wildman–Crippen MR) is 131 cm³/mol. The van der Waals surface area contributed by atoms with Gasteiger partial charge < -0.3 is 15.0 Å². The van der Waals surface area contributed by atoms with Gasteiger partial charge in [-0.3, -0.25) is 9.59 Å². The lowest BCUT2D eigenvalue weighted by atomic mass is 9.95. The summed E-state index contributed by atoms with van der Waals surface area (Å²) in [5, 5.41) is 13.2. The lowest BCUT2D eigenvalue weighted by molar-refractivity contribution is -0.125. The number of hydrogen-bond acceptors (Lipinski definition) is 7. The van der Waals surface area contributed by atoms with Gasteiger partial charge in [-0.15, -0.1) is 0 Å². The summed E-state index contributed by atoms with van der Waals surface area (Å²) < 4.78 is 50.2. The van der Waals surface area contributed by atoms with E-state index in [1.807, 2.05) is 0 Å². The van der Waals surface area contributed by atoms with Crippen LogP contribution in [0.25, 0.3) is 16.5 Å². The van der Waals surface area contributed by atoms with Crippen molar-refractivity contribution in [2.75, 3.05) is 12.5 Å². The van der Waals surface area contributed by atoms with Crippen LogP contribution < -0.4 is 5.32 Å². The van der Waals surface area contributed by atoms with Gasteiger partial charge in [0.1, 0.15) is 5.69 Å². The van der Waals surface area contributed by atoms with Crippen LogP contribution in [0.3, 0.4) is 0 Å². The van der Waals surface area contributed by atoms with Crippen LogP contribution in [0.15, 0.2) is 52.4 Å². The van der Waals surface area contributed by atoms with Gasteiger partial charge >= 0.3 is 5.97 Å². The Labute approximate surface area is 211 Å². The molecular formula is C23H19ClN2O8S2. The van der Waals surface area contributed by atoms with Gasteiger partial charge in [0, 0.05) is 52.3 Å². The molecule has 4 rings (SSSR count). The Bertz CT molecular complexity index is 1680. The number of nitrogens with zero attached hydrogens (tertiary/aromatic N) is 1. The van der Waals surface area contributed by atoms with E-state index in [2.05, 4.69) is 5.32 Å². The number of fused-ring (bicyclic) bond motifs is 1. The Hall–Kier alpha value is -3.48.